The van der Waals surface area contributed by atoms with E-state index >= 15 is 0 Å². The van der Waals surface area contributed by atoms with Crippen molar-refractivity contribution in [2.24, 2.45) is 0 Å². The zero-order chi connectivity index (χ0) is 31.2. The molecule has 3 nitrogen and oxygen atoms in total. The first-order chi connectivity index (χ1) is 23.3. The lowest BCUT2D eigenvalue weighted by molar-refractivity contribution is 0.620. The quantitative estimate of drug-likeness (QED) is 0.185. The van der Waals surface area contributed by atoms with Gasteiger partial charge in [-0.25, -0.2) is 4.98 Å². The van der Waals surface area contributed by atoms with Gasteiger partial charge in [-0.1, -0.05) is 109 Å². The molecule has 2 heterocycles. The topological polar surface area (TPSA) is 29.3 Å². The number of hydrogen-bond acceptors (Lipinski definition) is 4. The fourth-order valence-electron chi connectivity index (χ4n) is 6.41. The summed E-state index contributed by atoms with van der Waals surface area (Å²) in [6.45, 7) is 0. The Balaban J connectivity index is 1.22. The Morgan fingerprint density at radius 1 is 0.468 bits per heavy atom. The Labute approximate surface area is 276 Å². The molecule has 0 unspecified atom stereocenters. The van der Waals surface area contributed by atoms with Crippen molar-refractivity contribution in [2.75, 3.05) is 4.90 Å². The van der Waals surface area contributed by atoms with Crippen molar-refractivity contribution in [3.63, 3.8) is 0 Å². The van der Waals surface area contributed by atoms with Gasteiger partial charge in [0.25, 0.3) is 0 Å². The number of nitrogens with zero attached hydrogens (tertiary/aromatic N) is 2. The predicted molar refractivity (Wildman–Crippen MR) is 198 cm³/mol. The highest BCUT2D eigenvalue weighted by molar-refractivity contribution is 7.26. The van der Waals surface area contributed by atoms with E-state index in [9.17, 15) is 0 Å². The van der Waals surface area contributed by atoms with Gasteiger partial charge in [-0.3, -0.25) is 0 Å². The highest BCUT2D eigenvalue weighted by Crippen LogP contribution is 2.46. The van der Waals surface area contributed by atoms with Gasteiger partial charge < -0.3 is 9.32 Å². The Kier molecular flexibility index (Phi) is 6.65. The van der Waals surface area contributed by atoms with Gasteiger partial charge in [0, 0.05) is 37.1 Å². The fourth-order valence-corrected chi connectivity index (χ4v) is 7.55. The van der Waals surface area contributed by atoms with Crippen LogP contribution in [-0.4, -0.2) is 4.98 Å². The van der Waals surface area contributed by atoms with Crippen molar-refractivity contribution >= 4 is 59.7 Å². The lowest BCUT2D eigenvalue weighted by Gasteiger charge is -2.27. The minimum absolute atomic E-state index is 0.640. The van der Waals surface area contributed by atoms with E-state index in [-0.39, 0.29) is 0 Å². The van der Waals surface area contributed by atoms with E-state index < -0.39 is 0 Å². The molecule has 4 heteroatoms. The van der Waals surface area contributed by atoms with Gasteiger partial charge in [0.2, 0.25) is 5.89 Å². The summed E-state index contributed by atoms with van der Waals surface area (Å²) in [7, 11) is 0. The minimum Gasteiger partial charge on any atom is -0.436 e. The normalized spacial score (nSPS) is 11.4. The fraction of sp³-hybridized carbons (Fsp3) is 0. The van der Waals surface area contributed by atoms with Gasteiger partial charge in [0.05, 0.1) is 5.69 Å². The number of aromatic nitrogens is 1. The number of anilines is 3. The third kappa shape index (κ3) is 4.96. The third-order valence-corrected chi connectivity index (χ3v) is 9.83. The predicted octanol–water partition coefficient (Wildman–Crippen LogP) is 12.7. The van der Waals surface area contributed by atoms with Gasteiger partial charge >= 0.3 is 0 Å². The lowest BCUT2D eigenvalue weighted by atomic mass is 10.0. The smallest absolute Gasteiger partial charge is 0.227 e. The highest BCUT2D eigenvalue weighted by atomic mass is 32.1. The second-order valence-electron chi connectivity index (χ2n) is 11.6. The molecule has 0 saturated heterocycles. The van der Waals surface area contributed by atoms with Crippen molar-refractivity contribution < 1.29 is 4.42 Å². The maximum atomic E-state index is 6.34. The van der Waals surface area contributed by atoms with Gasteiger partial charge in [-0.2, -0.15) is 0 Å². The summed E-state index contributed by atoms with van der Waals surface area (Å²) in [5.74, 6) is 0.640. The van der Waals surface area contributed by atoms with Crippen molar-refractivity contribution in [3.8, 4) is 33.7 Å². The van der Waals surface area contributed by atoms with Gasteiger partial charge in [0.15, 0.2) is 5.58 Å². The number of thiophene rings is 1. The molecule has 0 aliphatic rings. The monoisotopic (exact) mass is 620 g/mol. The average Bonchev–Trinajstić information content (AvgIpc) is 3.73. The summed E-state index contributed by atoms with van der Waals surface area (Å²) in [6, 6.07) is 59.8. The van der Waals surface area contributed by atoms with E-state index in [1.165, 1.54) is 37.0 Å². The molecular weight excluding hydrogens is 593 g/mol. The molecule has 0 atom stereocenters. The van der Waals surface area contributed by atoms with E-state index in [0.717, 1.165) is 39.1 Å². The molecule has 222 valence electrons. The van der Waals surface area contributed by atoms with Crippen LogP contribution in [-0.2, 0) is 0 Å². The van der Waals surface area contributed by atoms with Crippen LogP contribution in [0.1, 0.15) is 0 Å². The largest absolute Gasteiger partial charge is 0.436 e. The standard InChI is InChI=1S/C43H28N2OS/c1-4-11-29(12-5-1)31-19-23-34(24-20-31)45(35-25-21-32(22-26-35)30-13-6-2-7-14-30)38-17-10-18-40-42(38)36-27-39-37(28-41(36)47-40)44-43(46-39)33-15-8-3-9-16-33/h1-28H. The van der Waals surface area contributed by atoms with Crippen LogP contribution in [0.15, 0.2) is 174 Å². The summed E-state index contributed by atoms with van der Waals surface area (Å²) < 4.78 is 8.75. The molecule has 0 radical (unpaired) electrons. The van der Waals surface area contributed by atoms with Crippen molar-refractivity contribution in [1.29, 1.82) is 0 Å². The first kappa shape index (κ1) is 27.3. The second-order valence-corrected chi connectivity index (χ2v) is 12.7. The molecule has 47 heavy (non-hydrogen) atoms. The van der Waals surface area contributed by atoms with Crippen LogP contribution in [0.3, 0.4) is 0 Å². The number of benzene rings is 7. The van der Waals surface area contributed by atoms with E-state index in [0.29, 0.717) is 5.89 Å². The molecule has 0 bridgehead atoms. The molecule has 0 saturated carbocycles. The number of fused-ring (bicyclic) bond motifs is 4. The molecule has 7 aromatic carbocycles. The third-order valence-electron chi connectivity index (χ3n) is 8.71. The summed E-state index contributed by atoms with van der Waals surface area (Å²) >= 11 is 1.79. The average molecular weight is 621 g/mol. The van der Waals surface area contributed by atoms with Gasteiger partial charge in [-0.05, 0) is 82.9 Å². The first-order valence-corrected chi connectivity index (χ1v) is 16.5. The number of rotatable bonds is 6. The van der Waals surface area contributed by atoms with Crippen molar-refractivity contribution in [2.45, 2.75) is 0 Å². The second kappa shape index (κ2) is 11.4. The lowest BCUT2D eigenvalue weighted by Crippen LogP contribution is -2.10. The molecule has 0 fully saturated rings. The maximum Gasteiger partial charge on any atom is 0.227 e. The van der Waals surface area contributed by atoms with Crippen molar-refractivity contribution in [1.82, 2.24) is 4.98 Å². The molecule has 0 spiro atoms. The zero-order valence-corrected chi connectivity index (χ0v) is 26.2. The highest BCUT2D eigenvalue weighted by Gasteiger charge is 2.20. The Morgan fingerprint density at radius 2 is 1.00 bits per heavy atom. The van der Waals surface area contributed by atoms with Crippen LogP contribution in [0.25, 0.3) is 65.0 Å². The van der Waals surface area contributed by atoms with Crippen LogP contribution < -0.4 is 4.90 Å². The molecule has 0 N–H and O–H groups in total. The molecular formula is C43H28N2OS. The summed E-state index contributed by atoms with van der Waals surface area (Å²) in [4.78, 5) is 7.23. The molecule has 2 aromatic heterocycles. The van der Waals surface area contributed by atoms with Crippen molar-refractivity contribution in [3.05, 3.63) is 170 Å². The molecule has 0 aliphatic heterocycles. The summed E-state index contributed by atoms with van der Waals surface area (Å²) in [5, 5.41) is 2.36. The van der Waals surface area contributed by atoms with E-state index in [4.69, 9.17) is 9.40 Å². The van der Waals surface area contributed by atoms with Crippen LogP contribution >= 0.6 is 11.3 Å². The first-order valence-electron chi connectivity index (χ1n) is 15.7. The van der Waals surface area contributed by atoms with E-state index in [2.05, 4.69) is 144 Å². The van der Waals surface area contributed by atoms with E-state index in [1.807, 2.05) is 30.3 Å². The van der Waals surface area contributed by atoms with E-state index in [1.54, 1.807) is 11.3 Å². The zero-order valence-electron chi connectivity index (χ0n) is 25.4. The van der Waals surface area contributed by atoms with Gasteiger partial charge in [0.1, 0.15) is 5.52 Å². The number of oxazole rings is 1. The summed E-state index contributed by atoms with van der Waals surface area (Å²) in [6.07, 6.45) is 0. The summed E-state index contributed by atoms with van der Waals surface area (Å²) in [5.41, 5.74) is 10.7. The Hall–Kier alpha value is -5.97. The minimum atomic E-state index is 0.640. The van der Waals surface area contributed by atoms with Crippen LogP contribution in [0.4, 0.5) is 17.1 Å². The van der Waals surface area contributed by atoms with Crippen LogP contribution in [0.2, 0.25) is 0 Å². The van der Waals surface area contributed by atoms with Crippen LogP contribution in [0.5, 0.6) is 0 Å². The number of hydrogen-bond donors (Lipinski definition) is 0. The SMILES string of the molecule is c1ccc(-c2ccc(N(c3ccc(-c4ccccc4)cc3)c3cccc4sc5cc6nc(-c7ccccc7)oc6cc5c34)cc2)cc1. The van der Waals surface area contributed by atoms with Gasteiger partial charge in [-0.15, -0.1) is 11.3 Å². The molecule has 0 aliphatic carbocycles. The molecule has 9 rings (SSSR count). The Morgan fingerprint density at radius 3 is 1.57 bits per heavy atom. The molecule has 0 amide bonds. The maximum absolute atomic E-state index is 6.34. The van der Waals surface area contributed by atoms with Crippen LogP contribution in [0, 0.1) is 0 Å². The Bertz CT molecular complexity index is 2400. The molecule has 9 aromatic rings.